The summed E-state index contributed by atoms with van der Waals surface area (Å²) in [5.74, 6) is 0.675. The summed E-state index contributed by atoms with van der Waals surface area (Å²) in [4.78, 5) is 2.33. The van der Waals surface area contributed by atoms with Gasteiger partial charge >= 0.3 is 0 Å². The number of aliphatic hydroxyl groups excluding tert-OH is 1. The number of benzene rings is 3. The Morgan fingerprint density at radius 1 is 0.925 bits per heavy atom. The van der Waals surface area contributed by atoms with E-state index in [1.807, 2.05) is 24.3 Å². The minimum absolute atomic E-state index is 0.202. The van der Waals surface area contributed by atoms with Crippen LogP contribution in [0.5, 0.6) is 5.75 Å². The molecule has 1 atom stereocenters. The molecule has 1 unspecified atom stereocenters. The third-order valence-corrected chi connectivity index (χ3v) is 8.00. The van der Waals surface area contributed by atoms with Crippen LogP contribution in [-0.2, 0) is 11.3 Å². The van der Waals surface area contributed by atoms with Gasteiger partial charge < -0.3 is 14.6 Å². The molecule has 1 fully saturated rings. The molecule has 0 amide bonds. The first-order valence-electron chi connectivity index (χ1n) is 13.6. The fourth-order valence-corrected chi connectivity index (χ4v) is 5.89. The van der Waals surface area contributed by atoms with Crippen LogP contribution in [0.4, 0.5) is 0 Å². The lowest BCUT2D eigenvalue weighted by molar-refractivity contribution is 0.0655. The van der Waals surface area contributed by atoms with Crippen molar-refractivity contribution in [1.82, 2.24) is 15.1 Å². The van der Waals surface area contributed by atoms with Crippen molar-refractivity contribution >= 4 is 22.5 Å². The van der Waals surface area contributed by atoms with E-state index in [0.29, 0.717) is 18.9 Å². The zero-order chi connectivity index (χ0) is 27.7. The van der Waals surface area contributed by atoms with Gasteiger partial charge in [-0.2, -0.15) is 0 Å². The zero-order valence-electron chi connectivity index (χ0n) is 22.8. The number of ether oxygens (including phenoxy) is 2. The second-order valence-corrected chi connectivity index (χ2v) is 10.9. The predicted octanol–water partition coefficient (Wildman–Crippen LogP) is 6.08. The largest absolute Gasteiger partial charge is 0.490 e. The number of para-hydroxylation sites is 1. The van der Waals surface area contributed by atoms with Crippen LogP contribution >= 0.6 is 11.3 Å². The van der Waals surface area contributed by atoms with Crippen molar-refractivity contribution in [2.24, 2.45) is 0 Å². The maximum Gasteiger partial charge on any atom is 0.148 e. The number of methoxy groups -OCH3 is 1. The van der Waals surface area contributed by atoms with Crippen LogP contribution < -0.4 is 4.74 Å². The number of likely N-dealkylation sites (tertiary alicyclic amines) is 1. The van der Waals surface area contributed by atoms with Gasteiger partial charge in [-0.25, -0.2) is 0 Å². The van der Waals surface area contributed by atoms with Crippen LogP contribution in [0.3, 0.4) is 0 Å². The predicted molar refractivity (Wildman–Crippen MR) is 161 cm³/mol. The van der Waals surface area contributed by atoms with E-state index in [1.165, 1.54) is 33.6 Å². The number of β-amino-alcohol motifs (C(OH)–C–C–N with tert-alkyl or cyclic N) is 1. The molecule has 1 aliphatic heterocycles. The third-order valence-electron chi connectivity index (χ3n) is 7.04. The van der Waals surface area contributed by atoms with Gasteiger partial charge in [0.25, 0.3) is 0 Å². The zero-order valence-corrected chi connectivity index (χ0v) is 23.6. The molecule has 7 heteroatoms. The summed E-state index contributed by atoms with van der Waals surface area (Å²) in [6.07, 6.45) is 1.34. The molecule has 0 radical (unpaired) electrons. The number of aromatic nitrogens is 2. The number of nitrogens with zero attached hydrogens (tertiary/aromatic N) is 3. The van der Waals surface area contributed by atoms with Crippen molar-refractivity contribution in [1.29, 1.82) is 0 Å². The van der Waals surface area contributed by atoms with E-state index < -0.39 is 6.10 Å². The van der Waals surface area contributed by atoms with E-state index in [0.717, 1.165) is 47.1 Å². The topological polar surface area (TPSA) is 67.7 Å². The van der Waals surface area contributed by atoms with Crippen LogP contribution in [0.1, 0.15) is 39.5 Å². The summed E-state index contributed by atoms with van der Waals surface area (Å²) in [5, 5.41) is 20.8. The fraction of sp³-hybridized carbons (Fsp3) is 0.273. The summed E-state index contributed by atoms with van der Waals surface area (Å²) >= 11 is 1.45. The highest BCUT2D eigenvalue weighted by Crippen LogP contribution is 2.33. The number of piperidine rings is 1. The standard InChI is InChI=1S/C33H35N3O3S/c1-24(33-35-34-31(40-33)23-38-2)29-15-9-10-16-30(29)39-22-28(37)21-36-19-17-27(18-20-36)32(25-11-5-3-6-12-25)26-13-7-4-8-14-26/h3-16,28,37H,1,17-23H2,2H3. The van der Waals surface area contributed by atoms with Crippen molar-refractivity contribution in [3.63, 3.8) is 0 Å². The Morgan fingerprint density at radius 3 is 2.20 bits per heavy atom. The Morgan fingerprint density at radius 2 is 1.55 bits per heavy atom. The first-order chi connectivity index (χ1) is 19.6. The van der Waals surface area contributed by atoms with E-state index in [2.05, 4.69) is 82.3 Å². The lowest BCUT2D eigenvalue weighted by Gasteiger charge is -2.31. The molecule has 1 N–H and O–H groups in total. The molecule has 1 aliphatic rings. The van der Waals surface area contributed by atoms with Crippen molar-refractivity contribution in [3.05, 3.63) is 124 Å². The number of rotatable bonds is 11. The van der Waals surface area contributed by atoms with Crippen LogP contribution in [0, 0.1) is 0 Å². The molecule has 0 aliphatic carbocycles. The van der Waals surface area contributed by atoms with Gasteiger partial charge in [-0.3, -0.25) is 4.90 Å². The van der Waals surface area contributed by atoms with Crippen molar-refractivity contribution in [3.8, 4) is 5.75 Å². The lowest BCUT2D eigenvalue weighted by atomic mass is 9.88. The van der Waals surface area contributed by atoms with E-state index in [-0.39, 0.29) is 6.61 Å². The highest BCUT2D eigenvalue weighted by Gasteiger charge is 2.21. The molecular weight excluding hydrogens is 518 g/mol. The van der Waals surface area contributed by atoms with Gasteiger partial charge in [0.2, 0.25) is 0 Å². The first-order valence-corrected chi connectivity index (χ1v) is 14.4. The Hall–Kier alpha value is -3.62. The molecule has 0 bridgehead atoms. The highest BCUT2D eigenvalue weighted by molar-refractivity contribution is 7.12. The molecule has 40 heavy (non-hydrogen) atoms. The van der Waals surface area contributed by atoms with Crippen LogP contribution in [0.2, 0.25) is 0 Å². The summed E-state index contributed by atoms with van der Waals surface area (Å²) in [7, 11) is 1.64. The minimum Gasteiger partial charge on any atom is -0.490 e. The van der Waals surface area contributed by atoms with Crippen LogP contribution in [0.25, 0.3) is 11.1 Å². The molecule has 206 valence electrons. The smallest absolute Gasteiger partial charge is 0.148 e. The fourth-order valence-electron chi connectivity index (χ4n) is 5.09. The van der Waals surface area contributed by atoms with Gasteiger partial charge in [0.05, 0.1) is 6.61 Å². The molecular formula is C33H35N3O3S. The van der Waals surface area contributed by atoms with Crippen LogP contribution in [-0.4, -0.2) is 59.7 Å². The van der Waals surface area contributed by atoms with Crippen molar-refractivity contribution < 1.29 is 14.6 Å². The molecule has 0 saturated carbocycles. The average Bonchev–Trinajstić information content (AvgIpc) is 3.47. The van der Waals surface area contributed by atoms with Gasteiger partial charge in [0, 0.05) is 37.9 Å². The Labute approximate surface area is 240 Å². The summed E-state index contributed by atoms with van der Waals surface area (Å²) in [6.45, 7) is 7.23. The molecule has 3 aromatic carbocycles. The maximum absolute atomic E-state index is 10.9. The molecule has 4 aromatic rings. The number of hydrogen-bond donors (Lipinski definition) is 1. The van der Waals surface area contributed by atoms with Gasteiger partial charge in [0.1, 0.15) is 28.5 Å². The molecule has 1 saturated heterocycles. The Bertz CT molecular complexity index is 1380. The van der Waals surface area contributed by atoms with Gasteiger partial charge in [-0.15, -0.1) is 10.2 Å². The Balaban J connectivity index is 1.19. The second kappa shape index (κ2) is 13.6. The van der Waals surface area contributed by atoms with E-state index >= 15 is 0 Å². The minimum atomic E-state index is -0.607. The highest BCUT2D eigenvalue weighted by atomic mass is 32.1. The Kier molecular flexibility index (Phi) is 9.52. The van der Waals surface area contributed by atoms with Gasteiger partial charge in [-0.1, -0.05) is 102 Å². The number of hydrogen-bond acceptors (Lipinski definition) is 7. The molecule has 6 nitrogen and oxygen atoms in total. The van der Waals surface area contributed by atoms with Gasteiger partial charge in [-0.05, 0) is 35.6 Å². The van der Waals surface area contributed by atoms with Crippen molar-refractivity contribution in [2.45, 2.75) is 25.6 Å². The maximum atomic E-state index is 10.9. The normalized spacial score (nSPS) is 14.6. The van der Waals surface area contributed by atoms with Gasteiger partial charge in [0.15, 0.2) is 0 Å². The van der Waals surface area contributed by atoms with Crippen LogP contribution in [0.15, 0.2) is 97.1 Å². The number of aliphatic hydroxyl groups is 1. The third kappa shape index (κ3) is 6.92. The molecule has 0 spiro atoms. The average molecular weight is 554 g/mol. The van der Waals surface area contributed by atoms with E-state index in [9.17, 15) is 5.11 Å². The molecule has 1 aromatic heterocycles. The first kappa shape index (κ1) is 27.9. The van der Waals surface area contributed by atoms with Crippen molar-refractivity contribution in [2.75, 3.05) is 33.4 Å². The monoisotopic (exact) mass is 553 g/mol. The summed E-state index contributed by atoms with van der Waals surface area (Å²) < 4.78 is 11.3. The quantitative estimate of drug-likeness (QED) is 0.243. The lowest BCUT2D eigenvalue weighted by Crippen LogP contribution is -2.39. The SMILES string of the molecule is C=C(c1nnc(COC)s1)c1ccccc1OCC(O)CN1CCC(=C(c2ccccc2)c2ccccc2)CC1. The summed E-state index contributed by atoms with van der Waals surface area (Å²) in [5.41, 5.74) is 6.91. The summed E-state index contributed by atoms with van der Waals surface area (Å²) in [6, 6.07) is 29.0. The van der Waals surface area contributed by atoms with E-state index in [1.54, 1.807) is 7.11 Å². The second-order valence-electron chi connectivity index (χ2n) is 9.88. The molecule has 5 rings (SSSR count). The molecule has 2 heterocycles. The van der Waals surface area contributed by atoms with E-state index in [4.69, 9.17) is 9.47 Å².